The molecule has 1 aliphatic rings. The summed E-state index contributed by atoms with van der Waals surface area (Å²) in [7, 11) is -3.68. The lowest BCUT2D eigenvalue weighted by Gasteiger charge is -2.34. The maximum absolute atomic E-state index is 12.8. The van der Waals surface area contributed by atoms with Gasteiger partial charge in [0.05, 0.1) is 10.6 Å². The number of hydrogen-bond acceptors (Lipinski definition) is 6. The molecule has 0 radical (unpaired) electrons. The van der Waals surface area contributed by atoms with Crippen LogP contribution in [-0.2, 0) is 19.6 Å². The molecule has 9 nitrogen and oxygen atoms in total. The van der Waals surface area contributed by atoms with Crippen molar-refractivity contribution in [3.63, 3.8) is 0 Å². The van der Waals surface area contributed by atoms with Crippen molar-refractivity contribution >= 4 is 44.9 Å². The van der Waals surface area contributed by atoms with Crippen LogP contribution in [0.2, 0.25) is 5.02 Å². The van der Waals surface area contributed by atoms with Crippen molar-refractivity contribution in [1.29, 1.82) is 0 Å². The number of nitrogens with zero attached hydrogens (tertiary/aromatic N) is 2. The first-order valence-corrected chi connectivity index (χ1v) is 12.0. The number of amides is 2. The fraction of sp³-hybridized carbons (Fsp3) is 0.318. The number of Topliss-reactive ketones (excluding diaryl/α,β-unsaturated/α-hetero) is 1. The molecule has 0 aromatic heterocycles. The Bertz CT molecular complexity index is 1160. The first-order valence-electron chi connectivity index (χ1n) is 10.2. The van der Waals surface area contributed by atoms with Gasteiger partial charge in [0.1, 0.15) is 5.75 Å². The third kappa shape index (κ3) is 6.10. The van der Waals surface area contributed by atoms with Crippen molar-refractivity contribution in [3.8, 4) is 5.75 Å². The fourth-order valence-corrected chi connectivity index (χ4v) is 4.87. The van der Waals surface area contributed by atoms with Crippen LogP contribution in [0.3, 0.4) is 0 Å². The van der Waals surface area contributed by atoms with E-state index < -0.39 is 10.0 Å². The molecule has 2 amide bonds. The highest BCUT2D eigenvalue weighted by molar-refractivity contribution is 7.89. The second-order valence-electron chi connectivity index (χ2n) is 7.48. The second kappa shape index (κ2) is 10.3. The van der Waals surface area contributed by atoms with Crippen LogP contribution < -0.4 is 10.1 Å². The first kappa shape index (κ1) is 24.7. The van der Waals surface area contributed by atoms with Crippen LogP contribution in [0.1, 0.15) is 24.2 Å². The van der Waals surface area contributed by atoms with Crippen LogP contribution in [0.25, 0.3) is 0 Å². The topological polar surface area (TPSA) is 113 Å². The predicted octanol–water partition coefficient (Wildman–Crippen LogP) is 2.41. The molecular formula is C22H24ClN3O6S. The quantitative estimate of drug-likeness (QED) is 0.592. The molecule has 11 heteroatoms. The standard InChI is InChI=1S/C22H24ClN3O6S/c1-15(27)17-3-8-20(24-16(2)28)21(13-17)32-14-22(29)25-9-11-26(12-10-25)33(30,31)19-6-4-18(23)5-7-19/h3-8,13H,9-12,14H2,1-2H3,(H,24,28). The van der Waals surface area contributed by atoms with Gasteiger partial charge >= 0.3 is 0 Å². The van der Waals surface area contributed by atoms with Gasteiger partial charge in [0.25, 0.3) is 5.91 Å². The molecule has 0 spiro atoms. The van der Waals surface area contributed by atoms with Crippen molar-refractivity contribution < 1.29 is 27.5 Å². The van der Waals surface area contributed by atoms with E-state index in [1.165, 1.54) is 53.4 Å². The number of ether oxygens (including phenoxy) is 1. The highest BCUT2D eigenvalue weighted by Gasteiger charge is 2.30. The largest absolute Gasteiger partial charge is 0.482 e. The van der Waals surface area contributed by atoms with Gasteiger partial charge in [-0.3, -0.25) is 14.4 Å². The number of sulfonamides is 1. The maximum atomic E-state index is 12.8. The molecule has 2 aromatic rings. The molecule has 2 aromatic carbocycles. The number of carbonyl (C=O) groups excluding carboxylic acids is 3. The predicted molar refractivity (Wildman–Crippen MR) is 123 cm³/mol. The number of hydrogen-bond donors (Lipinski definition) is 1. The maximum Gasteiger partial charge on any atom is 0.260 e. The molecule has 1 fully saturated rings. The first-order chi connectivity index (χ1) is 15.6. The lowest BCUT2D eigenvalue weighted by Crippen LogP contribution is -2.51. The SMILES string of the molecule is CC(=O)Nc1ccc(C(C)=O)cc1OCC(=O)N1CCN(S(=O)(=O)c2ccc(Cl)cc2)CC1. The molecule has 1 heterocycles. The third-order valence-electron chi connectivity index (χ3n) is 5.09. The molecule has 0 bridgehead atoms. The van der Waals surface area contributed by atoms with E-state index in [-0.39, 0.29) is 61.0 Å². The Labute approximate surface area is 197 Å². The Balaban J connectivity index is 1.62. The van der Waals surface area contributed by atoms with Crippen molar-refractivity contribution in [1.82, 2.24) is 9.21 Å². The van der Waals surface area contributed by atoms with Crippen molar-refractivity contribution in [3.05, 3.63) is 53.1 Å². The van der Waals surface area contributed by atoms with Crippen LogP contribution in [-0.4, -0.2) is 68.0 Å². The molecule has 1 aliphatic heterocycles. The van der Waals surface area contributed by atoms with Gasteiger partial charge in [0, 0.05) is 43.7 Å². The van der Waals surface area contributed by atoms with Crippen LogP contribution in [0.15, 0.2) is 47.4 Å². The average molecular weight is 494 g/mol. The van der Waals surface area contributed by atoms with Gasteiger partial charge in [-0.15, -0.1) is 0 Å². The van der Waals surface area contributed by atoms with E-state index in [0.29, 0.717) is 16.3 Å². The molecule has 33 heavy (non-hydrogen) atoms. The summed E-state index contributed by atoms with van der Waals surface area (Å²) in [5, 5.41) is 3.05. The number of ketones is 1. The lowest BCUT2D eigenvalue weighted by atomic mass is 10.1. The van der Waals surface area contributed by atoms with Crippen LogP contribution >= 0.6 is 11.6 Å². The zero-order valence-corrected chi connectivity index (χ0v) is 19.8. The van der Waals surface area contributed by atoms with Crippen molar-refractivity contribution in [2.24, 2.45) is 0 Å². The summed E-state index contributed by atoms with van der Waals surface area (Å²) in [4.78, 5) is 37.4. The Morgan fingerprint density at radius 3 is 2.21 bits per heavy atom. The summed E-state index contributed by atoms with van der Waals surface area (Å²) in [6.45, 7) is 3.13. The van der Waals surface area contributed by atoms with Crippen LogP contribution in [0.4, 0.5) is 5.69 Å². The monoisotopic (exact) mass is 493 g/mol. The average Bonchev–Trinajstić information content (AvgIpc) is 2.78. The van der Waals surface area contributed by atoms with Gasteiger partial charge in [-0.25, -0.2) is 8.42 Å². The Morgan fingerprint density at radius 1 is 1.00 bits per heavy atom. The number of rotatable bonds is 7. The van der Waals surface area contributed by atoms with Gasteiger partial charge in [-0.1, -0.05) is 11.6 Å². The second-order valence-corrected chi connectivity index (χ2v) is 9.85. The van der Waals surface area contributed by atoms with Gasteiger partial charge in [0.15, 0.2) is 12.4 Å². The molecule has 0 unspecified atom stereocenters. The van der Waals surface area contributed by atoms with Gasteiger partial charge < -0.3 is 15.0 Å². The van der Waals surface area contributed by atoms with Crippen LogP contribution in [0, 0.1) is 0 Å². The molecule has 3 rings (SSSR count). The van der Waals surface area contributed by atoms with E-state index in [0.717, 1.165) is 0 Å². The molecule has 0 saturated carbocycles. The molecular weight excluding hydrogens is 470 g/mol. The zero-order chi connectivity index (χ0) is 24.2. The summed E-state index contributed by atoms with van der Waals surface area (Å²) in [6, 6.07) is 10.5. The molecule has 1 saturated heterocycles. The van der Waals surface area contributed by atoms with E-state index in [1.54, 1.807) is 12.1 Å². The summed E-state index contributed by atoms with van der Waals surface area (Å²) in [6.07, 6.45) is 0. The fourth-order valence-electron chi connectivity index (χ4n) is 3.32. The summed E-state index contributed by atoms with van der Waals surface area (Å²) < 4.78 is 32.5. The number of benzene rings is 2. The zero-order valence-electron chi connectivity index (χ0n) is 18.2. The highest BCUT2D eigenvalue weighted by Crippen LogP contribution is 2.27. The molecule has 1 N–H and O–H groups in total. The summed E-state index contributed by atoms with van der Waals surface area (Å²) >= 11 is 5.83. The third-order valence-corrected chi connectivity index (χ3v) is 7.26. The number of nitrogens with one attached hydrogen (secondary N) is 1. The Kier molecular flexibility index (Phi) is 7.72. The molecule has 0 aliphatic carbocycles. The normalized spacial score (nSPS) is 14.6. The van der Waals surface area contributed by atoms with Crippen molar-refractivity contribution in [2.45, 2.75) is 18.7 Å². The molecule has 0 atom stereocenters. The molecule has 176 valence electrons. The van der Waals surface area contributed by atoms with Gasteiger partial charge in [-0.2, -0.15) is 4.31 Å². The minimum Gasteiger partial charge on any atom is -0.482 e. The number of carbonyl (C=O) groups is 3. The number of piperazine rings is 1. The van der Waals surface area contributed by atoms with Crippen LogP contribution in [0.5, 0.6) is 5.75 Å². The van der Waals surface area contributed by atoms with Gasteiger partial charge in [0.2, 0.25) is 15.9 Å². The van der Waals surface area contributed by atoms with Crippen molar-refractivity contribution in [2.75, 3.05) is 38.1 Å². The van der Waals surface area contributed by atoms with E-state index >= 15 is 0 Å². The van der Waals surface area contributed by atoms with E-state index in [4.69, 9.17) is 16.3 Å². The van der Waals surface area contributed by atoms with E-state index in [1.807, 2.05) is 0 Å². The lowest BCUT2D eigenvalue weighted by molar-refractivity contribution is -0.134. The summed E-state index contributed by atoms with van der Waals surface area (Å²) in [5.41, 5.74) is 0.728. The van der Waals surface area contributed by atoms with E-state index in [2.05, 4.69) is 5.32 Å². The van der Waals surface area contributed by atoms with Gasteiger partial charge in [-0.05, 0) is 49.4 Å². The summed E-state index contributed by atoms with van der Waals surface area (Å²) in [5.74, 6) is -0.630. The Morgan fingerprint density at radius 2 is 1.64 bits per heavy atom. The van der Waals surface area contributed by atoms with E-state index in [9.17, 15) is 22.8 Å². The minimum absolute atomic E-state index is 0.144. The number of anilines is 1. The number of halogens is 1. The highest BCUT2D eigenvalue weighted by atomic mass is 35.5. The minimum atomic E-state index is -3.68. The Hall–Kier alpha value is -2.95. The smallest absolute Gasteiger partial charge is 0.260 e.